The van der Waals surface area contributed by atoms with Crippen LogP contribution in [0.15, 0.2) is 53.8 Å². The van der Waals surface area contributed by atoms with Crippen LogP contribution in [0.25, 0.3) is 0 Å². The minimum absolute atomic E-state index is 0.428. The van der Waals surface area contributed by atoms with Gasteiger partial charge in [0.05, 0.1) is 29.4 Å². The van der Waals surface area contributed by atoms with Crippen LogP contribution in [-0.2, 0) is 19.4 Å². The molecule has 0 saturated heterocycles. The van der Waals surface area contributed by atoms with Crippen molar-refractivity contribution >= 4 is 11.7 Å². The van der Waals surface area contributed by atoms with E-state index in [1.807, 2.05) is 24.3 Å². The zero-order valence-electron chi connectivity index (χ0n) is 17.1. The number of amidine groups is 1. The summed E-state index contributed by atoms with van der Waals surface area (Å²) in [7, 11) is 0. The van der Waals surface area contributed by atoms with Crippen molar-refractivity contribution in [2.24, 2.45) is 16.6 Å². The van der Waals surface area contributed by atoms with Gasteiger partial charge >= 0.3 is 0 Å². The van der Waals surface area contributed by atoms with Gasteiger partial charge in [0.2, 0.25) is 0 Å². The summed E-state index contributed by atoms with van der Waals surface area (Å²) >= 11 is 0. The molecule has 2 N–H and O–H groups in total. The molecular formula is C23H23N7. The molecule has 2 aromatic heterocycles. The average molecular weight is 397 g/mol. The van der Waals surface area contributed by atoms with Crippen molar-refractivity contribution in [2.75, 3.05) is 0 Å². The summed E-state index contributed by atoms with van der Waals surface area (Å²) in [5.74, 6) is 1.43. The second-order valence-corrected chi connectivity index (χ2v) is 7.50. The van der Waals surface area contributed by atoms with Crippen molar-refractivity contribution in [1.29, 1.82) is 10.5 Å². The molecule has 0 fully saturated rings. The summed E-state index contributed by atoms with van der Waals surface area (Å²) in [6.45, 7) is 4.75. The van der Waals surface area contributed by atoms with Crippen molar-refractivity contribution in [2.45, 2.75) is 33.2 Å². The molecule has 0 amide bonds. The van der Waals surface area contributed by atoms with E-state index in [2.05, 4.69) is 35.0 Å². The number of nitrogens with two attached hydrogens (primary N) is 1. The van der Waals surface area contributed by atoms with Crippen LogP contribution in [0.3, 0.4) is 0 Å². The fourth-order valence-corrected chi connectivity index (χ4v) is 3.10. The van der Waals surface area contributed by atoms with Crippen LogP contribution in [0.5, 0.6) is 0 Å². The quantitative estimate of drug-likeness (QED) is 0.484. The molecule has 3 aromatic rings. The lowest BCUT2D eigenvalue weighted by Crippen LogP contribution is -2.15. The SMILES string of the molecule is CC(C)Cc1ccc(CC(N)=Nc2ccn(Cc3ccc(C#N)cn3)n2)cc1C#N. The molecule has 2 heterocycles. The highest BCUT2D eigenvalue weighted by molar-refractivity contribution is 5.84. The molecule has 0 radical (unpaired) electrons. The van der Waals surface area contributed by atoms with Crippen molar-refractivity contribution in [3.05, 3.63) is 76.7 Å². The summed E-state index contributed by atoms with van der Waals surface area (Å²) in [6, 6.07) is 15.5. The van der Waals surface area contributed by atoms with E-state index < -0.39 is 0 Å². The molecule has 0 aliphatic heterocycles. The average Bonchev–Trinajstić information content (AvgIpc) is 3.15. The topological polar surface area (TPSA) is 117 Å². The van der Waals surface area contributed by atoms with Gasteiger partial charge in [-0.3, -0.25) is 9.67 Å². The maximum Gasteiger partial charge on any atom is 0.175 e. The van der Waals surface area contributed by atoms with Gasteiger partial charge in [0.25, 0.3) is 0 Å². The van der Waals surface area contributed by atoms with E-state index in [1.54, 1.807) is 29.1 Å². The van der Waals surface area contributed by atoms with Gasteiger partial charge in [-0.15, -0.1) is 0 Å². The van der Waals surface area contributed by atoms with E-state index >= 15 is 0 Å². The number of pyridine rings is 1. The molecule has 0 unspecified atom stereocenters. The third-order valence-corrected chi connectivity index (χ3v) is 4.47. The molecule has 0 aliphatic rings. The van der Waals surface area contributed by atoms with E-state index in [-0.39, 0.29) is 0 Å². The van der Waals surface area contributed by atoms with Crippen LogP contribution in [0.1, 0.15) is 41.8 Å². The molecule has 0 saturated carbocycles. The molecule has 150 valence electrons. The molecular weight excluding hydrogens is 374 g/mol. The molecule has 0 aliphatic carbocycles. The number of aliphatic imine (C=N–C) groups is 1. The number of aromatic nitrogens is 3. The van der Waals surface area contributed by atoms with Gasteiger partial charge in [0.15, 0.2) is 5.82 Å². The van der Waals surface area contributed by atoms with Crippen LogP contribution < -0.4 is 5.73 Å². The summed E-state index contributed by atoms with van der Waals surface area (Å²) in [6.07, 6.45) is 4.66. The van der Waals surface area contributed by atoms with Crippen molar-refractivity contribution in [3.63, 3.8) is 0 Å². The number of rotatable bonds is 7. The van der Waals surface area contributed by atoms with Gasteiger partial charge in [0, 0.05) is 24.9 Å². The van der Waals surface area contributed by atoms with Crippen LogP contribution in [0.2, 0.25) is 0 Å². The van der Waals surface area contributed by atoms with Gasteiger partial charge in [-0.1, -0.05) is 26.0 Å². The Labute approximate surface area is 176 Å². The first kappa shape index (κ1) is 20.8. The van der Waals surface area contributed by atoms with Gasteiger partial charge in [0.1, 0.15) is 11.9 Å². The molecule has 1 aromatic carbocycles. The fraction of sp³-hybridized carbons (Fsp3) is 0.261. The highest BCUT2D eigenvalue weighted by Gasteiger charge is 2.08. The molecule has 30 heavy (non-hydrogen) atoms. The lowest BCUT2D eigenvalue weighted by molar-refractivity contribution is 0.646. The van der Waals surface area contributed by atoms with E-state index in [4.69, 9.17) is 11.0 Å². The van der Waals surface area contributed by atoms with Gasteiger partial charge < -0.3 is 5.73 Å². The van der Waals surface area contributed by atoms with Gasteiger partial charge in [-0.2, -0.15) is 15.6 Å². The number of hydrogen-bond acceptors (Lipinski definition) is 5. The predicted octanol–water partition coefficient (Wildman–Crippen LogP) is 3.50. The Hall–Kier alpha value is -3.97. The number of nitriles is 2. The third-order valence-electron chi connectivity index (χ3n) is 4.47. The minimum atomic E-state index is 0.428. The Morgan fingerprint density at radius 3 is 2.67 bits per heavy atom. The first-order valence-electron chi connectivity index (χ1n) is 9.70. The number of nitrogens with zero attached hydrogens (tertiary/aromatic N) is 6. The van der Waals surface area contributed by atoms with E-state index in [9.17, 15) is 5.26 Å². The van der Waals surface area contributed by atoms with Crippen molar-refractivity contribution < 1.29 is 0 Å². The predicted molar refractivity (Wildman–Crippen MR) is 115 cm³/mol. The van der Waals surface area contributed by atoms with E-state index in [0.29, 0.717) is 41.7 Å². The van der Waals surface area contributed by atoms with E-state index in [0.717, 1.165) is 23.2 Å². The highest BCUT2D eigenvalue weighted by Crippen LogP contribution is 2.17. The lowest BCUT2D eigenvalue weighted by atomic mass is 9.96. The van der Waals surface area contributed by atoms with Crippen LogP contribution in [0.4, 0.5) is 5.82 Å². The van der Waals surface area contributed by atoms with Gasteiger partial charge in [-0.05, 0) is 41.7 Å². The maximum absolute atomic E-state index is 9.43. The standard InChI is InChI=1S/C23H23N7/c1-16(2)9-19-5-3-17(10-20(19)13-25)11-22(26)28-23-7-8-30(29-23)15-21-6-4-18(12-24)14-27-21/h3-8,10,14,16H,9,11,15H2,1-2H3,(H2,26,28,29). The largest absolute Gasteiger partial charge is 0.387 e. The highest BCUT2D eigenvalue weighted by atomic mass is 15.3. The van der Waals surface area contributed by atoms with Crippen molar-refractivity contribution in [3.8, 4) is 12.1 Å². The maximum atomic E-state index is 9.43. The number of hydrogen-bond donors (Lipinski definition) is 1. The van der Waals surface area contributed by atoms with Gasteiger partial charge in [-0.25, -0.2) is 4.99 Å². The Morgan fingerprint density at radius 2 is 2.00 bits per heavy atom. The monoisotopic (exact) mass is 397 g/mol. The molecule has 0 spiro atoms. The van der Waals surface area contributed by atoms with Crippen LogP contribution in [-0.4, -0.2) is 20.6 Å². The zero-order chi connectivity index (χ0) is 21.5. The molecule has 3 rings (SSSR count). The second kappa shape index (κ2) is 9.49. The third kappa shape index (κ3) is 5.52. The van der Waals surface area contributed by atoms with E-state index in [1.165, 1.54) is 6.20 Å². The Bertz CT molecular complexity index is 1130. The minimum Gasteiger partial charge on any atom is -0.387 e. The molecule has 0 bridgehead atoms. The molecule has 7 nitrogen and oxygen atoms in total. The normalized spacial score (nSPS) is 11.3. The summed E-state index contributed by atoms with van der Waals surface area (Å²) in [4.78, 5) is 8.63. The zero-order valence-corrected chi connectivity index (χ0v) is 17.1. The summed E-state index contributed by atoms with van der Waals surface area (Å²) < 4.78 is 1.72. The Morgan fingerprint density at radius 1 is 1.17 bits per heavy atom. The Balaban J connectivity index is 1.67. The smallest absolute Gasteiger partial charge is 0.175 e. The number of benzene rings is 1. The Kier molecular flexibility index (Phi) is 6.56. The summed E-state index contributed by atoms with van der Waals surface area (Å²) in [5, 5.41) is 22.7. The fourth-order valence-electron chi connectivity index (χ4n) is 3.10. The molecule has 7 heteroatoms. The lowest BCUT2D eigenvalue weighted by Gasteiger charge is -2.09. The van der Waals surface area contributed by atoms with Crippen LogP contribution in [0, 0.1) is 28.6 Å². The first-order chi connectivity index (χ1) is 14.5. The molecule has 0 atom stereocenters. The second-order valence-electron chi connectivity index (χ2n) is 7.50. The summed E-state index contributed by atoms with van der Waals surface area (Å²) in [5.41, 5.74) is 10.1. The van der Waals surface area contributed by atoms with Crippen molar-refractivity contribution in [1.82, 2.24) is 14.8 Å². The van der Waals surface area contributed by atoms with Crippen LogP contribution >= 0.6 is 0 Å². The first-order valence-corrected chi connectivity index (χ1v) is 9.70.